The minimum atomic E-state index is 0.465. The third-order valence-electron chi connectivity index (χ3n) is 7.91. The average molecular weight is 509 g/mol. The standard InChI is InChI=1S/C36H20N4/c37-21-23-17-24(22-38)19-27(18-23)40-34-16-14-26(20-31(34)36-28-8-2-1-7-25(28)13-15-35(36)40)39-32-11-5-3-9-29(32)30-10-4-6-12-33(30)39/h1-20H. The van der Waals surface area contributed by atoms with Crippen molar-refractivity contribution in [3.05, 3.63) is 132 Å². The lowest BCUT2D eigenvalue weighted by molar-refractivity contribution is 1.16. The molecule has 0 amide bonds. The van der Waals surface area contributed by atoms with Gasteiger partial charge in [0.1, 0.15) is 0 Å². The summed E-state index contributed by atoms with van der Waals surface area (Å²) in [6.45, 7) is 0. The van der Waals surface area contributed by atoms with Gasteiger partial charge in [-0.1, -0.05) is 66.7 Å². The summed E-state index contributed by atoms with van der Waals surface area (Å²) >= 11 is 0. The van der Waals surface area contributed by atoms with Crippen molar-refractivity contribution in [3.63, 3.8) is 0 Å². The molecule has 0 spiro atoms. The first-order valence-electron chi connectivity index (χ1n) is 13.2. The molecule has 0 saturated carbocycles. The molecule has 0 unspecified atom stereocenters. The first-order chi connectivity index (χ1) is 19.7. The van der Waals surface area contributed by atoms with Crippen molar-refractivity contribution in [2.45, 2.75) is 0 Å². The summed E-state index contributed by atoms with van der Waals surface area (Å²) in [6, 6.07) is 46.2. The van der Waals surface area contributed by atoms with Crippen molar-refractivity contribution in [1.29, 1.82) is 10.5 Å². The van der Waals surface area contributed by atoms with Gasteiger partial charge < -0.3 is 9.13 Å². The second-order valence-electron chi connectivity index (χ2n) is 10.1. The molecule has 0 radical (unpaired) electrons. The van der Waals surface area contributed by atoms with Crippen LogP contribution in [0, 0.1) is 22.7 Å². The number of hydrogen-bond donors (Lipinski definition) is 0. The normalized spacial score (nSPS) is 11.4. The Bertz CT molecular complexity index is 2320. The molecule has 0 aliphatic heterocycles. The summed E-state index contributed by atoms with van der Waals surface area (Å²) in [5, 5.41) is 26.4. The van der Waals surface area contributed by atoms with Gasteiger partial charge in [-0.05, 0) is 65.4 Å². The van der Waals surface area contributed by atoms with E-state index in [1.165, 1.54) is 21.5 Å². The van der Waals surface area contributed by atoms with Crippen molar-refractivity contribution in [1.82, 2.24) is 9.13 Å². The van der Waals surface area contributed by atoms with Gasteiger partial charge in [-0.25, -0.2) is 0 Å². The molecule has 0 fully saturated rings. The summed E-state index contributed by atoms with van der Waals surface area (Å²) < 4.78 is 4.51. The van der Waals surface area contributed by atoms with Crippen LogP contribution in [0.15, 0.2) is 121 Å². The van der Waals surface area contributed by atoms with Gasteiger partial charge in [-0.3, -0.25) is 0 Å². The number of para-hydroxylation sites is 2. The van der Waals surface area contributed by atoms with E-state index < -0.39 is 0 Å². The highest BCUT2D eigenvalue weighted by molar-refractivity contribution is 6.22. The highest BCUT2D eigenvalue weighted by atomic mass is 15.0. The molecule has 184 valence electrons. The number of nitriles is 2. The molecule has 0 saturated heterocycles. The third kappa shape index (κ3) is 3.05. The fourth-order valence-corrected chi connectivity index (χ4v) is 6.27. The SMILES string of the molecule is N#Cc1cc(C#N)cc(-n2c3ccc(-n4c5ccccc5c5ccccc54)cc3c3c4ccccc4ccc32)c1. The zero-order chi connectivity index (χ0) is 26.8. The summed E-state index contributed by atoms with van der Waals surface area (Å²) in [7, 11) is 0. The lowest BCUT2D eigenvalue weighted by Crippen LogP contribution is -1.97. The number of benzene rings is 6. The van der Waals surface area contributed by atoms with E-state index in [1.54, 1.807) is 6.07 Å². The predicted molar refractivity (Wildman–Crippen MR) is 162 cm³/mol. The van der Waals surface area contributed by atoms with E-state index >= 15 is 0 Å². The Labute approximate surface area is 229 Å². The van der Waals surface area contributed by atoms with Crippen LogP contribution in [0.5, 0.6) is 0 Å². The fraction of sp³-hybridized carbons (Fsp3) is 0. The second kappa shape index (κ2) is 8.33. The maximum absolute atomic E-state index is 9.69. The Kier molecular flexibility index (Phi) is 4.62. The van der Waals surface area contributed by atoms with Crippen molar-refractivity contribution in [2.24, 2.45) is 0 Å². The number of hydrogen-bond acceptors (Lipinski definition) is 2. The molecule has 0 N–H and O–H groups in total. The van der Waals surface area contributed by atoms with E-state index in [1.807, 2.05) is 12.1 Å². The monoisotopic (exact) mass is 508 g/mol. The van der Waals surface area contributed by atoms with Gasteiger partial charge in [0.05, 0.1) is 45.3 Å². The predicted octanol–water partition coefficient (Wildman–Crippen LogP) is 8.78. The van der Waals surface area contributed by atoms with Crippen LogP contribution in [0.1, 0.15) is 11.1 Å². The van der Waals surface area contributed by atoms with E-state index in [-0.39, 0.29) is 0 Å². The highest BCUT2D eigenvalue weighted by Crippen LogP contribution is 2.39. The van der Waals surface area contributed by atoms with Crippen LogP contribution in [0.3, 0.4) is 0 Å². The quantitative estimate of drug-likeness (QED) is 0.234. The average Bonchev–Trinajstić information content (AvgIpc) is 3.53. The van der Waals surface area contributed by atoms with Crippen molar-refractivity contribution < 1.29 is 0 Å². The summed E-state index contributed by atoms with van der Waals surface area (Å²) in [5.74, 6) is 0. The van der Waals surface area contributed by atoms with Crippen LogP contribution in [0.2, 0.25) is 0 Å². The first kappa shape index (κ1) is 22.2. The molecule has 4 nitrogen and oxygen atoms in total. The third-order valence-corrected chi connectivity index (χ3v) is 7.91. The van der Waals surface area contributed by atoms with Gasteiger partial charge in [-0.15, -0.1) is 0 Å². The van der Waals surface area contributed by atoms with Crippen LogP contribution in [0.4, 0.5) is 0 Å². The lowest BCUT2D eigenvalue weighted by Gasteiger charge is -2.11. The van der Waals surface area contributed by atoms with Crippen LogP contribution in [-0.4, -0.2) is 9.13 Å². The Hall–Kier alpha value is -5.84. The summed E-state index contributed by atoms with van der Waals surface area (Å²) in [5.41, 5.74) is 7.20. The topological polar surface area (TPSA) is 57.4 Å². The van der Waals surface area contributed by atoms with Crippen LogP contribution >= 0.6 is 0 Å². The molecule has 0 bridgehead atoms. The molecule has 0 aliphatic rings. The van der Waals surface area contributed by atoms with Gasteiger partial charge in [0, 0.05) is 32.9 Å². The van der Waals surface area contributed by atoms with E-state index in [9.17, 15) is 10.5 Å². The van der Waals surface area contributed by atoms with Gasteiger partial charge >= 0.3 is 0 Å². The summed E-state index contributed by atoms with van der Waals surface area (Å²) in [4.78, 5) is 0. The van der Waals surface area contributed by atoms with Gasteiger partial charge in [0.2, 0.25) is 0 Å². The van der Waals surface area contributed by atoms with Crippen LogP contribution in [-0.2, 0) is 0 Å². The molecule has 8 rings (SSSR count). The maximum Gasteiger partial charge on any atom is 0.0992 e. The Morgan fingerprint density at radius 3 is 1.65 bits per heavy atom. The zero-order valence-corrected chi connectivity index (χ0v) is 21.3. The number of nitrogens with zero attached hydrogens (tertiary/aromatic N) is 4. The number of fused-ring (bicyclic) bond motifs is 8. The minimum Gasteiger partial charge on any atom is -0.309 e. The van der Waals surface area contributed by atoms with E-state index in [0.717, 1.165) is 44.2 Å². The zero-order valence-electron chi connectivity index (χ0n) is 21.3. The van der Waals surface area contributed by atoms with Crippen molar-refractivity contribution in [2.75, 3.05) is 0 Å². The molecule has 4 heteroatoms. The molecule has 2 heterocycles. The molecule has 8 aromatic rings. The van der Waals surface area contributed by atoms with E-state index in [4.69, 9.17) is 0 Å². The molecular weight excluding hydrogens is 488 g/mol. The van der Waals surface area contributed by atoms with E-state index in [0.29, 0.717) is 11.1 Å². The van der Waals surface area contributed by atoms with Crippen molar-refractivity contribution >= 4 is 54.4 Å². The van der Waals surface area contributed by atoms with Gasteiger partial charge in [0.15, 0.2) is 0 Å². The second-order valence-corrected chi connectivity index (χ2v) is 10.1. The highest BCUT2D eigenvalue weighted by Gasteiger charge is 2.18. The fourth-order valence-electron chi connectivity index (χ4n) is 6.27. The van der Waals surface area contributed by atoms with Gasteiger partial charge in [-0.2, -0.15) is 10.5 Å². The smallest absolute Gasteiger partial charge is 0.0992 e. The van der Waals surface area contributed by atoms with Crippen LogP contribution in [0.25, 0.3) is 65.8 Å². The van der Waals surface area contributed by atoms with Crippen molar-refractivity contribution in [3.8, 4) is 23.5 Å². The first-order valence-corrected chi connectivity index (χ1v) is 13.2. The minimum absolute atomic E-state index is 0.465. The largest absolute Gasteiger partial charge is 0.309 e. The molecule has 6 aromatic carbocycles. The Morgan fingerprint density at radius 1 is 0.425 bits per heavy atom. The Morgan fingerprint density at radius 2 is 0.975 bits per heavy atom. The summed E-state index contributed by atoms with van der Waals surface area (Å²) in [6.07, 6.45) is 0. The molecule has 0 aliphatic carbocycles. The van der Waals surface area contributed by atoms with Crippen LogP contribution < -0.4 is 0 Å². The number of rotatable bonds is 2. The Balaban J connectivity index is 1.53. The van der Waals surface area contributed by atoms with Gasteiger partial charge in [0.25, 0.3) is 0 Å². The molecule has 0 atom stereocenters. The maximum atomic E-state index is 9.69. The molecule has 2 aromatic heterocycles. The lowest BCUT2D eigenvalue weighted by atomic mass is 10.0. The molecular formula is C36H20N4. The molecule has 40 heavy (non-hydrogen) atoms. The number of aromatic nitrogens is 2. The van der Waals surface area contributed by atoms with E-state index in [2.05, 4.69) is 124 Å².